The Morgan fingerprint density at radius 1 is 1.50 bits per heavy atom. The van der Waals surface area contributed by atoms with Crippen LogP contribution in [0.5, 0.6) is 0 Å². The van der Waals surface area contributed by atoms with Gasteiger partial charge in [0, 0.05) is 6.54 Å². The van der Waals surface area contributed by atoms with Crippen LogP contribution in [0.15, 0.2) is 11.4 Å². The van der Waals surface area contributed by atoms with E-state index in [1.807, 2.05) is 25.3 Å². The molecule has 20 heavy (non-hydrogen) atoms. The summed E-state index contributed by atoms with van der Waals surface area (Å²) in [5, 5.41) is 11.1. The van der Waals surface area contributed by atoms with Gasteiger partial charge in [0.15, 0.2) is 0 Å². The Morgan fingerprint density at radius 2 is 2.25 bits per heavy atom. The van der Waals surface area contributed by atoms with E-state index in [0.717, 1.165) is 12.0 Å². The molecule has 2 unspecified atom stereocenters. The molecular formula is C14H19NO4S. The fourth-order valence-corrected chi connectivity index (χ4v) is 3.35. The Bertz CT molecular complexity index is 499. The number of ether oxygens (including phenoxy) is 1. The van der Waals surface area contributed by atoms with Gasteiger partial charge in [-0.2, -0.15) is 0 Å². The van der Waals surface area contributed by atoms with Gasteiger partial charge in [0.1, 0.15) is 5.92 Å². The Morgan fingerprint density at radius 3 is 2.80 bits per heavy atom. The topological polar surface area (TPSA) is 66.8 Å². The summed E-state index contributed by atoms with van der Waals surface area (Å²) in [4.78, 5) is 26.3. The lowest BCUT2D eigenvalue weighted by molar-refractivity contribution is -0.142. The Kier molecular flexibility index (Phi) is 4.77. The summed E-state index contributed by atoms with van der Waals surface area (Å²) in [5.41, 5.74) is 0.937. The first kappa shape index (κ1) is 15.0. The van der Waals surface area contributed by atoms with E-state index in [1.165, 1.54) is 11.3 Å². The van der Waals surface area contributed by atoms with E-state index in [-0.39, 0.29) is 18.6 Å². The SMILES string of the molecule is CCCN(C(=O)c1sccc1C)C1COCC1C(=O)O. The average molecular weight is 297 g/mol. The van der Waals surface area contributed by atoms with Crippen LogP contribution in [-0.4, -0.2) is 47.7 Å². The maximum atomic E-state index is 12.7. The van der Waals surface area contributed by atoms with Gasteiger partial charge in [-0.25, -0.2) is 0 Å². The van der Waals surface area contributed by atoms with Crippen LogP contribution in [0.2, 0.25) is 0 Å². The number of nitrogens with zero attached hydrogens (tertiary/aromatic N) is 1. The second-order valence-corrected chi connectivity index (χ2v) is 5.90. The third kappa shape index (κ3) is 2.86. The molecule has 1 amide bonds. The monoisotopic (exact) mass is 297 g/mol. The number of hydrogen-bond donors (Lipinski definition) is 1. The van der Waals surface area contributed by atoms with Crippen molar-refractivity contribution >= 4 is 23.2 Å². The van der Waals surface area contributed by atoms with Crippen LogP contribution in [0.4, 0.5) is 0 Å². The first-order chi connectivity index (χ1) is 9.56. The number of thiophene rings is 1. The molecule has 0 aliphatic carbocycles. The van der Waals surface area contributed by atoms with Crippen molar-refractivity contribution in [1.29, 1.82) is 0 Å². The molecular weight excluding hydrogens is 278 g/mol. The van der Waals surface area contributed by atoms with Crippen molar-refractivity contribution < 1.29 is 19.4 Å². The van der Waals surface area contributed by atoms with Crippen LogP contribution in [0.25, 0.3) is 0 Å². The number of carbonyl (C=O) groups excluding carboxylic acids is 1. The molecule has 2 heterocycles. The van der Waals surface area contributed by atoms with Crippen molar-refractivity contribution in [2.45, 2.75) is 26.3 Å². The summed E-state index contributed by atoms with van der Waals surface area (Å²) in [5.74, 6) is -1.61. The standard InChI is InChI=1S/C14H19NO4S/c1-3-5-15(11-8-19-7-10(11)14(17)18)13(16)12-9(2)4-6-20-12/h4,6,10-11H,3,5,7-8H2,1-2H3,(H,17,18). The van der Waals surface area contributed by atoms with E-state index in [0.29, 0.717) is 18.0 Å². The first-order valence-corrected chi connectivity index (χ1v) is 7.59. The van der Waals surface area contributed by atoms with Crippen LogP contribution in [0.1, 0.15) is 28.6 Å². The number of carboxylic acids is 1. The van der Waals surface area contributed by atoms with Crippen LogP contribution >= 0.6 is 11.3 Å². The van der Waals surface area contributed by atoms with E-state index in [4.69, 9.17) is 4.74 Å². The van der Waals surface area contributed by atoms with Gasteiger partial charge in [-0.3, -0.25) is 9.59 Å². The lowest BCUT2D eigenvalue weighted by Crippen LogP contribution is -2.46. The van der Waals surface area contributed by atoms with E-state index in [9.17, 15) is 14.7 Å². The second kappa shape index (κ2) is 6.37. The molecule has 1 N–H and O–H groups in total. The van der Waals surface area contributed by atoms with Gasteiger partial charge in [-0.1, -0.05) is 6.92 Å². The fraction of sp³-hybridized carbons (Fsp3) is 0.571. The van der Waals surface area contributed by atoms with Gasteiger partial charge in [0.2, 0.25) is 0 Å². The van der Waals surface area contributed by atoms with E-state index in [1.54, 1.807) is 4.90 Å². The third-order valence-electron chi connectivity index (χ3n) is 3.55. The molecule has 1 aliphatic heterocycles. The van der Waals surface area contributed by atoms with Crippen molar-refractivity contribution in [3.63, 3.8) is 0 Å². The Balaban J connectivity index is 2.24. The number of rotatable bonds is 5. The van der Waals surface area contributed by atoms with Crippen molar-refractivity contribution in [1.82, 2.24) is 4.90 Å². The Labute approximate surface area is 122 Å². The first-order valence-electron chi connectivity index (χ1n) is 6.71. The molecule has 0 radical (unpaired) electrons. The van der Waals surface area contributed by atoms with Crippen LogP contribution in [-0.2, 0) is 9.53 Å². The number of carbonyl (C=O) groups is 2. The average Bonchev–Trinajstić information content (AvgIpc) is 3.03. The molecule has 1 aromatic heterocycles. The maximum absolute atomic E-state index is 12.7. The molecule has 2 rings (SSSR count). The van der Waals surface area contributed by atoms with Gasteiger partial charge in [-0.05, 0) is 30.4 Å². The number of hydrogen-bond acceptors (Lipinski definition) is 4. The minimum Gasteiger partial charge on any atom is -0.481 e. The zero-order valence-electron chi connectivity index (χ0n) is 11.7. The zero-order chi connectivity index (χ0) is 14.7. The molecule has 0 spiro atoms. The number of aliphatic carboxylic acids is 1. The quantitative estimate of drug-likeness (QED) is 0.903. The van der Waals surface area contributed by atoms with Crippen LogP contribution in [0, 0.1) is 12.8 Å². The summed E-state index contributed by atoms with van der Waals surface area (Å²) in [6, 6.07) is 1.53. The molecule has 0 aromatic carbocycles. The molecule has 0 bridgehead atoms. The molecule has 1 fully saturated rings. The smallest absolute Gasteiger partial charge is 0.311 e. The lowest BCUT2D eigenvalue weighted by Gasteiger charge is -2.30. The molecule has 1 aliphatic rings. The largest absolute Gasteiger partial charge is 0.481 e. The highest BCUT2D eigenvalue weighted by atomic mass is 32.1. The molecule has 1 aromatic rings. The molecule has 5 nitrogen and oxygen atoms in total. The Hall–Kier alpha value is -1.40. The van der Waals surface area contributed by atoms with E-state index >= 15 is 0 Å². The highest BCUT2D eigenvalue weighted by Crippen LogP contribution is 2.25. The summed E-state index contributed by atoms with van der Waals surface area (Å²) >= 11 is 1.40. The number of carboxylic acid groups (broad SMARTS) is 1. The van der Waals surface area contributed by atoms with Gasteiger partial charge in [0.05, 0.1) is 24.1 Å². The minimum absolute atomic E-state index is 0.0823. The number of aryl methyl sites for hydroxylation is 1. The predicted molar refractivity (Wildman–Crippen MR) is 76.1 cm³/mol. The zero-order valence-corrected chi connectivity index (χ0v) is 12.5. The predicted octanol–water partition coefficient (Wildman–Crippen LogP) is 2.01. The number of amides is 1. The highest BCUT2D eigenvalue weighted by Gasteiger charge is 2.40. The summed E-state index contributed by atoms with van der Waals surface area (Å²) < 4.78 is 5.28. The van der Waals surface area contributed by atoms with Gasteiger partial charge >= 0.3 is 5.97 Å². The maximum Gasteiger partial charge on any atom is 0.311 e. The van der Waals surface area contributed by atoms with Crippen LogP contribution < -0.4 is 0 Å². The van der Waals surface area contributed by atoms with E-state index in [2.05, 4.69) is 0 Å². The van der Waals surface area contributed by atoms with Gasteiger partial charge in [-0.15, -0.1) is 11.3 Å². The van der Waals surface area contributed by atoms with Crippen molar-refractivity contribution in [3.05, 3.63) is 21.9 Å². The lowest BCUT2D eigenvalue weighted by atomic mass is 10.0. The fourth-order valence-electron chi connectivity index (χ4n) is 2.47. The van der Waals surface area contributed by atoms with Crippen molar-refractivity contribution in [2.75, 3.05) is 19.8 Å². The molecule has 2 atom stereocenters. The molecule has 6 heteroatoms. The van der Waals surface area contributed by atoms with Crippen molar-refractivity contribution in [3.8, 4) is 0 Å². The molecule has 110 valence electrons. The van der Waals surface area contributed by atoms with Crippen molar-refractivity contribution in [2.24, 2.45) is 5.92 Å². The molecule has 0 saturated carbocycles. The summed E-state index contributed by atoms with van der Waals surface area (Å²) in [6.45, 7) is 4.90. The minimum atomic E-state index is -0.899. The van der Waals surface area contributed by atoms with Gasteiger partial charge < -0.3 is 14.7 Å². The third-order valence-corrected chi connectivity index (χ3v) is 4.55. The van der Waals surface area contributed by atoms with Crippen LogP contribution in [0.3, 0.4) is 0 Å². The van der Waals surface area contributed by atoms with Gasteiger partial charge in [0.25, 0.3) is 5.91 Å². The second-order valence-electron chi connectivity index (χ2n) is 4.98. The summed E-state index contributed by atoms with van der Waals surface area (Å²) in [7, 11) is 0. The molecule has 1 saturated heterocycles. The highest BCUT2D eigenvalue weighted by molar-refractivity contribution is 7.12. The summed E-state index contributed by atoms with van der Waals surface area (Å²) in [6.07, 6.45) is 0.791. The normalized spacial score (nSPS) is 21.9. The van der Waals surface area contributed by atoms with E-state index < -0.39 is 11.9 Å².